The normalized spacial score (nSPS) is 23.1. The Morgan fingerprint density at radius 1 is 0.967 bits per heavy atom. The second kappa shape index (κ2) is 6.73. The molecule has 1 atom stereocenters. The number of carbonyl (C=O) groups is 1. The van der Waals surface area contributed by atoms with E-state index in [1.54, 1.807) is 6.07 Å². The largest absolute Gasteiger partial charge is 0.492 e. The predicted molar refractivity (Wildman–Crippen MR) is 121 cm³/mol. The zero-order chi connectivity index (χ0) is 21.9. The first-order valence-electron chi connectivity index (χ1n) is 10.7. The molecule has 0 bridgehead atoms. The van der Waals surface area contributed by atoms with Crippen LogP contribution in [0, 0.1) is 0 Å². The summed E-state index contributed by atoms with van der Waals surface area (Å²) in [5.74, 6) is 0.380. The molecule has 1 unspecified atom stereocenters. The third-order valence-corrected chi connectivity index (χ3v) is 7.38. The molecule has 2 aromatic carbocycles. The first kappa shape index (κ1) is 20.7. The Morgan fingerprint density at radius 3 is 2.23 bits per heavy atom. The van der Waals surface area contributed by atoms with Gasteiger partial charge in [-0.1, -0.05) is 64.1 Å². The van der Waals surface area contributed by atoms with Crippen LogP contribution >= 0.6 is 0 Å². The van der Waals surface area contributed by atoms with E-state index < -0.39 is 5.41 Å². The molecule has 158 valence electrons. The van der Waals surface area contributed by atoms with Crippen molar-refractivity contribution in [2.24, 2.45) is 0 Å². The molecule has 0 radical (unpaired) electrons. The van der Waals surface area contributed by atoms with Crippen molar-refractivity contribution in [3.8, 4) is 5.75 Å². The topological polar surface area (TPSA) is 35.5 Å². The van der Waals surface area contributed by atoms with Crippen LogP contribution in [0.25, 0.3) is 0 Å². The van der Waals surface area contributed by atoms with Crippen molar-refractivity contribution in [3.05, 3.63) is 76.4 Å². The van der Waals surface area contributed by atoms with Crippen LogP contribution in [0.4, 0.5) is 0 Å². The molecule has 2 aromatic rings. The molecule has 0 spiro atoms. The van der Waals surface area contributed by atoms with Gasteiger partial charge in [0.15, 0.2) is 0 Å². The van der Waals surface area contributed by atoms with Gasteiger partial charge in [-0.15, -0.1) is 0 Å². The van der Waals surface area contributed by atoms with E-state index in [-0.39, 0.29) is 16.8 Å². The van der Waals surface area contributed by atoms with E-state index in [4.69, 9.17) is 9.47 Å². The molecule has 0 aromatic heterocycles. The maximum Gasteiger partial charge on any atom is 0.337 e. The van der Waals surface area contributed by atoms with Crippen LogP contribution in [0.15, 0.2) is 48.6 Å². The van der Waals surface area contributed by atoms with E-state index in [0.29, 0.717) is 12.2 Å². The summed E-state index contributed by atoms with van der Waals surface area (Å²) in [5.41, 5.74) is 6.59. The third-order valence-electron chi connectivity index (χ3n) is 7.38. The van der Waals surface area contributed by atoms with Gasteiger partial charge in [-0.3, -0.25) is 0 Å². The Morgan fingerprint density at radius 2 is 1.60 bits per heavy atom. The predicted octanol–water partition coefficient (Wildman–Crippen LogP) is 6.08. The average molecular weight is 405 g/mol. The van der Waals surface area contributed by atoms with Gasteiger partial charge in [-0.2, -0.15) is 0 Å². The molecule has 3 nitrogen and oxygen atoms in total. The highest BCUT2D eigenvalue weighted by molar-refractivity contribution is 5.90. The highest BCUT2D eigenvalue weighted by Gasteiger charge is 2.45. The van der Waals surface area contributed by atoms with Gasteiger partial charge < -0.3 is 9.47 Å². The molecule has 1 aliphatic heterocycles. The van der Waals surface area contributed by atoms with Crippen molar-refractivity contribution < 1.29 is 14.3 Å². The first-order chi connectivity index (χ1) is 14.0. The fraction of sp³-hybridized carbons (Fsp3) is 0.444. The summed E-state index contributed by atoms with van der Waals surface area (Å²) in [6, 6.07) is 12.6. The third kappa shape index (κ3) is 2.90. The second-order valence-corrected chi connectivity index (χ2v) is 10.2. The Hall–Kier alpha value is -2.55. The summed E-state index contributed by atoms with van der Waals surface area (Å²) in [4.78, 5) is 12.0. The lowest BCUT2D eigenvalue weighted by Crippen LogP contribution is -2.36. The number of hydrogen-bond donors (Lipinski definition) is 0. The lowest BCUT2D eigenvalue weighted by atomic mass is 9.61. The number of rotatable bonds is 3. The molecule has 30 heavy (non-hydrogen) atoms. The van der Waals surface area contributed by atoms with Crippen molar-refractivity contribution in [3.63, 3.8) is 0 Å². The Kier molecular flexibility index (Phi) is 4.65. The van der Waals surface area contributed by atoms with Gasteiger partial charge in [-0.25, -0.2) is 4.79 Å². The zero-order valence-corrected chi connectivity index (χ0v) is 19.0. The first-order valence-corrected chi connectivity index (χ1v) is 10.7. The molecule has 0 N–H and O–H groups in total. The van der Waals surface area contributed by atoms with Crippen LogP contribution in [0.5, 0.6) is 5.75 Å². The summed E-state index contributed by atoms with van der Waals surface area (Å²) in [6.45, 7) is 16.3. The number of benzene rings is 2. The van der Waals surface area contributed by atoms with E-state index in [9.17, 15) is 4.79 Å². The molecule has 2 aliphatic rings. The number of carbonyl (C=O) groups excluding carboxylic acids is 1. The van der Waals surface area contributed by atoms with Gasteiger partial charge in [0.1, 0.15) is 12.4 Å². The van der Waals surface area contributed by atoms with Crippen LogP contribution in [0.3, 0.4) is 0 Å². The van der Waals surface area contributed by atoms with Gasteiger partial charge in [0.25, 0.3) is 0 Å². The van der Waals surface area contributed by atoms with Crippen LogP contribution in [-0.4, -0.2) is 19.7 Å². The molecule has 0 saturated carbocycles. The zero-order valence-electron chi connectivity index (χ0n) is 19.0. The lowest BCUT2D eigenvalue weighted by molar-refractivity contribution is 0.0600. The molecular weight excluding hydrogens is 372 g/mol. The summed E-state index contributed by atoms with van der Waals surface area (Å²) >= 11 is 0. The Balaban J connectivity index is 1.90. The summed E-state index contributed by atoms with van der Waals surface area (Å²) < 4.78 is 11.0. The molecule has 1 heterocycles. The van der Waals surface area contributed by atoms with Gasteiger partial charge in [0, 0.05) is 5.56 Å². The van der Waals surface area contributed by atoms with E-state index >= 15 is 0 Å². The van der Waals surface area contributed by atoms with E-state index in [0.717, 1.165) is 16.9 Å². The van der Waals surface area contributed by atoms with Gasteiger partial charge >= 0.3 is 5.97 Å². The number of fused-ring (bicyclic) bond motifs is 2. The molecule has 1 aliphatic carbocycles. The van der Waals surface area contributed by atoms with E-state index in [2.05, 4.69) is 59.4 Å². The molecule has 4 rings (SSSR count). The second-order valence-electron chi connectivity index (χ2n) is 10.2. The highest BCUT2D eigenvalue weighted by atomic mass is 16.5. The quantitative estimate of drug-likeness (QED) is 0.460. The standard InChI is InChI=1S/C27H32O3/c1-17(2)27(16-30-23-14-18(24(28)29-7)8-10-21(23)27)19-9-11-20-22(15-19)26(5,6)13-12-25(20,3)4/h8-11,14-15H,1,12-13,16H2,2-7H3. The van der Waals surface area contributed by atoms with Gasteiger partial charge in [-0.05, 0) is 59.4 Å². The fourth-order valence-corrected chi connectivity index (χ4v) is 5.20. The van der Waals surface area contributed by atoms with Crippen molar-refractivity contribution in [2.45, 2.75) is 63.7 Å². The number of hydrogen-bond acceptors (Lipinski definition) is 3. The average Bonchev–Trinajstić information content (AvgIpc) is 3.10. The SMILES string of the molecule is C=C(C)C1(c2ccc3c(c2)C(C)(C)CCC3(C)C)COc2cc(C(=O)OC)ccc21. The minimum atomic E-state index is -0.420. The summed E-state index contributed by atoms with van der Waals surface area (Å²) in [6.07, 6.45) is 2.37. The van der Waals surface area contributed by atoms with Crippen molar-refractivity contribution in [2.75, 3.05) is 13.7 Å². The molecule has 0 saturated heterocycles. The van der Waals surface area contributed by atoms with Crippen LogP contribution < -0.4 is 4.74 Å². The van der Waals surface area contributed by atoms with Crippen LogP contribution in [0.2, 0.25) is 0 Å². The van der Waals surface area contributed by atoms with Gasteiger partial charge in [0.2, 0.25) is 0 Å². The van der Waals surface area contributed by atoms with Crippen molar-refractivity contribution in [1.82, 2.24) is 0 Å². The fourth-order valence-electron chi connectivity index (χ4n) is 5.20. The highest BCUT2D eigenvalue weighted by Crippen LogP contribution is 2.51. The number of esters is 1. The lowest BCUT2D eigenvalue weighted by Gasteiger charge is -2.43. The molecule has 3 heteroatoms. The number of methoxy groups -OCH3 is 1. The van der Waals surface area contributed by atoms with Crippen molar-refractivity contribution in [1.29, 1.82) is 0 Å². The minimum absolute atomic E-state index is 0.133. The smallest absolute Gasteiger partial charge is 0.337 e. The maximum absolute atomic E-state index is 12.0. The van der Waals surface area contributed by atoms with E-state index in [1.807, 2.05) is 12.1 Å². The van der Waals surface area contributed by atoms with Crippen LogP contribution in [0.1, 0.15) is 80.1 Å². The Bertz CT molecular complexity index is 1040. The van der Waals surface area contributed by atoms with Crippen LogP contribution in [-0.2, 0) is 21.0 Å². The molecule has 0 amide bonds. The van der Waals surface area contributed by atoms with E-state index in [1.165, 1.54) is 36.6 Å². The molecular formula is C27H32O3. The summed E-state index contributed by atoms with van der Waals surface area (Å²) in [5, 5.41) is 0. The maximum atomic E-state index is 12.0. The Labute approximate surface area is 180 Å². The number of ether oxygens (including phenoxy) is 2. The molecule has 0 fully saturated rings. The van der Waals surface area contributed by atoms with Crippen molar-refractivity contribution >= 4 is 5.97 Å². The minimum Gasteiger partial charge on any atom is -0.492 e. The summed E-state index contributed by atoms with van der Waals surface area (Å²) in [7, 11) is 1.39. The van der Waals surface area contributed by atoms with Gasteiger partial charge in [0.05, 0.1) is 18.1 Å². The monoisotopic (exact) mass is 404 g/mol.